The van der Waals surface area contributed by atoms with Gasteiger partial charge in [0.1, 0.15) is 0 Å². The fourth-order valence-corrected chi connectivity index (χ4v) is 2.44. The summed E-state index contributed by atoms with van der Waals surface area (Å²) in [5.41, 5.74) is 1.73. The van der Waals surface area contributed by atoms with Crippen LogP contribution in [0.15, 0.2) is 36.4 Å². The second kappa shape index (κ2) is 9.37. The zero-order chi connectivity index (χ0) is 18.2. The van der Waals surface area contributed by atoms with Crippen molar-refractivity contribution in [1.29, 1.82) is 0 Å². The van der Waals surface area contributed by atoms with Crippen molar-refractivity contribution in [2.45, 2.75) is 39.3 Å². The van der Waals surface area contributed by atoms with Gasteiger partial charge in [-0.2, -0.15) is 0 Å². The van der Waals surface area contributed by atoms with Crippen molar-refractivity contribution in [3.05, 3.63) is 59.2 Å². The van der Waals surface area contributed by atoms with Crippen LogP contribution in [0.1, 0.15) is 43.9 Å². The molecule has 1 atom stereocenters. The molecule has 0 radical (unpaired) electrons. The van der Waals surface area contributed by atoms with Gasteiger partial charge in [0.15, 0.2) is 23.1 Å². The van der Waals surface area contributed by atoms with Gasteiger partial charge in [-0.15, -0.1) is 0 Å². The van der Waals surface area contributed by atoms with E-state index in [1.54, 1.807) is 13.2 Å². The first-order chi connectivity index (χ1) is 12.0. The molecule has 2 aromatic rings. The van der Waals surface area contributed by atoms with E-state index in [4.69, 9.17) is 9.47 Å². The summed E-state index contributed by atoms with van der Waals surface area (Å²) in [5, 5.41) is 3.31. The molecule has 0 aliphatic carbocycles. The topological polar surface area (TPSA) is 30.5 Å². The first-order valence-corrected chi connectivity index (χ1v) is 8.53. The van der Waals surface area contributed by atoms with Gasteiger partial charge in [-0.1, -0.05) is 25.5 Å². The smallest absolute Gasteiger partial charge is 0.161 e. The molecule has 5 heteroatoms. The third-order valence-corrected chi connectivity index (χ3v) is 4.04. The number of methoxy groups -OCH3 is 1. The minimum Gasteiger partial charge on any atom is -0.493 e. The van der Waals surface area contributed by atoms with Crippen molar-refractivity contribution >= 4 is 0 Å². The lowest BCUT2D eigenvalue weighted by Gasteiger charge is -2.16. The number of benzene rings is 2. The van der Waals surface area contributed by atoms with Crippen LogP contribution in [0.3, 0.4) is 0 Å². The molecule has 0 saturated carbocycles. The molecule has 0 saturated heterocycles. The molecule has 2 aromatic carbocycles. The van der Waals surface area contributed by atoms with Crippen molar-refractivity contribution in [2.24, 2.45) is 0 Å². The van der Waals surface area contributed by atoms with E-state index in [0.717, 1.165) is 30.2 Å². The predicted octanol–water partition coefficient (Wildman–Crippen LogP) is 5.00. The Hall–Kier alpha value is -2.14. The van der Waals surface area contributed by atoms with Gasteiger partial charge in [0.05, 0.1) is 13.7 Å². The summed E-state index contributed by atoms with van der Waals surface area (Å²) in [5.74, 6) is -0.244. The molecule has 0 bridgehead atoms. The second-order valence-electron chi connectivity index (χ2n) is 5.96. The van der Waals surface area contributed by atoms with E-state index >= 15 is 0 Å². The van der Waals surface area contributed by atoms with E-state index in [1.807, 2.05) is 25.1 Å². The van der Waals surface area contributed by atoms with E-state index in [9.17, 15) is 8.78 Å². The lowest BCUT2D eigenvalue weighted by atomic mass is 10.1. The Labute approximate surface area is 148 Å². The molecule has 25 heavy (non-hydrogen) atoms. The highest BCUT2D eigenvalue weighted by Gasteiger charge is 2.10. The maximum absolute atomic E-state index is 13.4. The summed E-state index contributed by atoms with van der Waals surface area (Å²) >= 11 is 0. The fourth-order valence-electron chi connectivity index (χ4n) is 2.44. The molecule has 1 N–H and O–H groups in total. The van der Waals surface area contributed by atoms with Crippen LogP contribution in [-0.4, -0.2) is 13.7 Å². The molecule has 3 nitrogen and oxygen atoms in total. The molecule has 0 fully saturated rings. The monoisotopic (exact) mass is 349 g/mol. The number of ether oxygens (including phenoxy) is 2. The first-order valence-electron chi connectivity index (χ1n) is 8.53. The van der Waals surface area contributed by atoms with Crippen molar-refractivity contribution < 1.29 is 18.3 Å². The molecular weight excluding hydrogens is 324 g/mol. The number of nitrogens with one attached hydrogen (secondary N) is 1. The van der Waals surface area contributed by atoms with Crippen LogP contribution in [-0.2, 0) is 6.54 Å². The number of hydrogen-bond acceptors (Lipinski definition) is 3. The molecule has 1 unspecified atom stereocenters. The van der Waals surface area contributed by atoms with E-state index < -0.39 is 11.6 Å². The van der Waals surface area contributed by atoms with Crippen LogP contribution in [0.5, 0.6) is 11.5 Å². The van der Waals surface area contributed by atoms with Crippen molar-refractivity contribution in [3.8, 4) is 11.5 Å². The standard InChI is InChI=1S/C20H25F2NO2/c1-4-5-10-25-20-11-15(6-9-19(20)24-3)13-23-14(2)16-7-8-17(21)18(22)12-16/h6-9,11-12,14,23H,4-5,10,13H2,1-3H3. The van der Waals surface area contributed by atoms with E-state index in [1.165, 1.54) is 6.07 Å². The number of unbranched alkanes of at least 4 members (excludes halogenated alkanes) is 1. The molecule has 0 aromatic heterocycles. The van der Waals surface area contributed by atoms with Crippen LogP contribution < -0.4 is 14.8 Å². The van der Waals surface area contributed by atoms with Crippen LogP contribution in [0.4, 0.5) is 8.78 Å². The van der Waals surface area contributed by atoms with E-state index in [2.05, 4.69) is 12.2 Å². The summed E-state index contributed by atoms with van der Waals surface area (Å²) < 4.78 is 37.5. The lowest BCUT2D eigenvalue weighted by molar-refractivity contribution is 0.288. The molecule has 136 valence electrons. The average molecular weight is 349 g/mol. The van der Waals surface area contributed by atoms with Gasteiger partial charge < -0.3 is 14.8 Å². The molecular formula is C20H25F2NO2. The first kappa shape index (κ1) is 19.2. The Morgan fingerprint density at radius 3 is 2.52 bits per heavy atom. The van der Waals surface area contributed by atoms with Crippen LogP contribution in [0, 0.1) is 11.6 Å². The van der Waals surface area contributed by atoms with Crippen LogP contribution in [0.2, 0.25) is 0 Å². The highest BCUT2D eigenvalue weighted by atomic mass is 19.2. The Kier molecular flexibility index (Phi) is 7.19. The molecule has 0 heterocycles. The van der Waals surface area contributed by atoms with Gasteiger partial charge in [0.2, 0.25) is 0 Å². The zero-order valence-electron chi connectivity index (χ0n) is 14.9. The number of rotatable bonds is 9. The van der Waals surface area contributed by atoms with Crippen molar-refractivity contribution in [1.82, 2.24) is 5.32 Å². The maximum atomic E-state index is 13.4. The SMILES string of the molecule is CCCCOc1cc(CNC(C)c2ccc(F)c(F)c2)ccc1OC. The van der Waals surface area contributed by atoms with Gasteiger partial charge in [-0.25, -0.2) is 8.78 Å². The molecule has 0 aliphatic rings. The summed E-state index contributed by atoms with van der Waals surface area (Å²) in [4.78, 5) is 0. The van der Waals surface area contributed by atoms with E-state index in [0.29, 0.717) is 24.5 Å². The molecule has 2 rings (SSSR count). The average Bonchev–Trinajstić information content (AvgIpc) is 2.62. The van der Waals surface area contributed by atoms with Crippen molar-refractivity contribution in [3.63, 3.8) is 0 Å². The minimum atomic E-state index is -0.833. The summed E-state index contributed by atoms with van der Waals surface area (Å²) in [6, 6.07) is 9.62. The second-order valence-corrected chi connectivity index (χ2v) is 5.96. The minimum absolute atomic E-state index is 0.110. The maximum Gasteiger partial charge on any atom is 0.161 e. The Bertz CT molecular complexity index is 691. The quantitative estimate of drug-likeness (QED) is 0.646. The van der Waals surface area contributed by atoms with Crippen LogP contribution >= 0.6 is 0 Å². The Morgan fingerprint density at radius 2 is 1.84 bits per heavy atom. The molecule has 0 spiro atoms. The highest BCUT2D eigenvalue weighted by Crippen LogP contribution is 2.28. The Morgan fingerprint density at radius 1 is 1.04 bits per heavy atom. The third-order valence-electron chi connectivity index (χ3n) is 4.04. The zero-order valence-corrected chi connectivity index (χ0v) is 14.9. The fraction of sp³-hybridized carbons (Fsp3) is 0.400. The normalized spacial score (nSPS) is 12.0. The van der Waals surface area contributed by atoms with Gasteiger partial charge in [-0.05, 0) is 48.7 Å². The summed E-state index contributed by atoms with van der Waals surface area (Å²) in [7, 11) is 1.62. The number of hydrogen-bond donors (Lipinski definition) is 1. The summed E-state index contributed by atoms with van der Waals surface area (Å²) in [6.45, 7) is 5.25. The Balaban J connectivity index is 2.01. The lowest BCUT2D eigenvalue weighted by Crippen LogP contribution is -2.18. The summed E-state index contributed by atoms with van der Waals surface area (Å²) in [6.07, 6.45) is 2.05. The molecule has 0 aliphatic heterocycles. The van der Waals surface area contributed by atoms with Crippen LogP contribution in [0.25, 0.3) is 0 Å². The predicted molar refractivity (Wildman–Crippen MR) is 95.0 cm³/mol. The molecule has 0 amide bonds. The van der Waals surface area contributed by atoms with Gasteiger partial charge in [-0.3, -0.25) is 0 Å². The largest absolute Gasteiger partial charge is 0.493 e. The van der Waals surface area contributed by atoms with Gasteiger partial charge in [0, 0.05) is 12.6 Å². The van der Waals surface area contributed by atoms with Gasteiger partial charge in [0.25, 0.3) is 0 Å². The third kappa shape index (κ3) is 5.43. The van der Waals surface area contributed by atoms with Gasteiger partial charge >= 0.3 is 0 Å². The van der Waals surface area contributed by atoms with E-state index in [-0.39, 0.29) is 6.04 Å². The highest BCUT2D eigenvalue weighted by molar-refractivity contribution is 5.43. The van der Waals surface area contributed by atoms with Crippen molar-refractivity contribution in [2.75, 3.05) is 13.7 Å². The number of halogens is 2.